The van der Waals surface area contributed by atoms with Gasteiger partial charge in [-0.25, -0.2) is 8.42 Å². The minimum atomic E-state index is -4.73. The number of hydrogen-bond donors (Lipinski definition) is 1. The molecule has 204 valence electrons. The van der Waals surface area contributed by atoms with Gasteiger partial charge in [-0.1, -0.05) is 30.3 Å². The maximum atomic E-state index is 13.3. The summed E-state index contributed by atoms with van der Waals surface area (Å²) in [6, 6.07) is 14.0. The number of rotatable bonds is 8. The third-order valence-corrected chi connectivity index (χ3v) is 7.14. The number of nitrogens with one attached hydrogen (secondary N) is 1. The van der Waals surface area contributed by atoms with Crippen LogP contribution in [0.25, 0.3) is 5.69 Å². The van der Waals surface area contributed by atoms with Crippen molar-refractivity contribution in [1.82, 2.24) is 30.4 Å². The van der Waals surface area contributed by atoms with Gasteiger partial charge in [0, 0.05) is 43.4 Å². The molecule has 1 saturated heterocycles. The van der Waals surface area contributed by atoms with E-state index >= 15 is 0 Å². The van der Waals surface area contributed by atoms with E-state index in [0.29, 0.717) is 35.5 Å². The van der Waals surface area contributed by atoms with E-state index in [9.17, 15) is 26.4 Å². The maximum Gasteiger partial charge on any atom is 0.453 e. The topological polar surface area (TPSA) is 119 Å². The standard InChI is InChI=1S/C24H27F3N6O4S/c1-37-21-9-8-18(33-23(24(25,26)27)29-30-31-33)12-17(21)13-28-20-10-11-32(22(34)15-38(2,35)36)14-19(20)16-6-4-3-5-7-16/h3-9,12,19-20,28H,10-11,13-15H2,1-2H3/t19-,20-/m1/s1. The van der Waals surface area contributed by atoms with Gasteiger partial charge in [-0.05, 0) is 40.6 Å². The zero-order valence-electron chi connectivity index (χ0n) is 20.7. The number of tetrazole rings is 1. The van der Waals surface area contributed by atoms with Gasteiger partial charge < -0.3 is 15.0 Å². The summed E-state index contributed by atoms with van der Waals surface area (Å²) in [5, 5.41) is 13.2. The van der Waals surface area contributed by atoms with Crippen molar-refractivity contribution in [3.63, 3.8) is 0 Å². The van der Waals surface area contributed by atoms with E-state index in [2.05, 4.69) is 20.8 Å². The lowest BCUT2D eigenvalue weighted by Crippen LogP contribution is -2.50. The number of nitrogens with zero attached hydrogens (tertiary/aromatic N) is 5. The van der Waals surface area contributed by atoms with E-state index < -0.39 is 33.5 Å². The highest BCUT2D eigenvalue weighted by atomic mass is 32.2. The second-order valence-corrected chi connectivity index (χ2v) is 11.3. The van der Waals surface area contributed by atoms with Crippen LogP contribution in [0.2, 0.25) is 0 Å². The average molecular weight is 553 g/mol. The van der Waals surface area contributed by atoms with Crippen LogP contribution in [0.15, 0.2) is 48.5 Å². The zero-order valence-corrected chi connectivity index (χ0v) is 21.5. The van der Waals surface area contributed by atoms with Crippen molar-refractivity contribution in [2.75, 3.05) is 32.2 Å². The molecule has 0 saturated carbocycles. The first-order valence-electron chi connectivity index (χ1n) is 11.7. The van der Waals surface area contributed by atoms with Crippen LogP contribution in [0, 0.1) is 0 Å². The Morgan fingerprint density at radius 1 is 1.18 bits per heavy atom. The van der Waals surface area contributed by atoms with Crippen molar-refractivity contribution in [1.29, 1.82) is 0 Å². The molecule has 0 unspecified atom stereocenters. The monoisotopic (exact) mass is 552 g/mol. The summed E-state index contributed by atoms with van der Waals surface area (Å²) in [7, 11) is -2.00. The van der Waals surface area contributed by atoms with Crippen molar-refractivity contribution < 1.29 is 31.1 Å². The van der Waals surface area contributed by atoms with Gasteiger partial charge in [-0.2, -0.15) is 17.9 Å². The quantitative estimate of drug-likeness (QED) is 0.452. The van der Waals surface area contributed by atoms with Gasteiger partial charge >= 0.3 is 6.18 Å². The van der Waals surface area contributed by atoms with Gasteiger partial charge in [0.1, 0.15) is 11.5 Å². The molecule has 2 atom stereocenters. The number of halogens is 3. The van der Waals surface area contributed by atoms with Crippen LogP contribution in [-0.2, 0) is 27.4 Å². The average Bonchev–Trinajstić information content (AvgIpc) is 3.38. The molecule has 0 bridgehead atoms. The van der Waals surface area contributed by atoms with Crippen molar-refractivity contribution >= 4 is 15.7 Å². The molecule has 0 aliphatic carbocycles. The van der Waals surface area contributed by atoms with Crippen molar-refractivity contribution in [2.45, 2.75) is 31.1 Å². The Hall–Kier alpha value is -3.52. The highest BCUT2D eigenvalue weighted by Gasteiger charge is 2.38. The lowest BCUT2D eigenvalue weighted by atomic mass is 9.85. The molecule has 4 rings (SSSR count). The van der Waals surface area contributed by atoms with Gasteiger partial charge in [0.25, 0.3) is 5.82 Å². The summed E-state index contributed by atoms with van der Waals surface area (Å²) in [5.41, 5.74) is 1.70. The molecule has 3 aromatic rings. The van der Waals surface area contributed by atoms with Gasteiger partial charge in [-0.3, -0.25) is 4.79 Å². The van der Waals surface area contributed by atoms with Crippen LogP contribution in [0.5, 0.6) is 5.75 Å². The van der Waals surface area contributed by atoms with Crippen LogP contribution >= 0.6 is 0 Å². The number of alkyl halides is 3. The van der Waals surface area contributed by atoms with Gasteiger partial charge in [0.2, 0.25) is 5.91 Å². The molecule has 2 heterocycles. The highest BCUT2D eigenvalue weighted by molar-refractivity contribution is 7.91. The number of piperidine rings is 1. The number of likely N-dealkylation sites (tertiary alicyclic amines) is 1. The number of sulfone groups is 1. The third kappa shape index (κ3) is 6.48. The summed E-state index contributed by atoms with van der Waals surface area (Å²) in [4.78, 5) is 14.2. The van der Waals surface area contributed by atoms with Crippen LogP contribution in [0.4, 0.5) is 13.2 Å². The van der Waals surface area contributed by atoms with Gasteiger partial charge in [-0.15, -0.1) is 5.10 Å². The van der Waals surface area contributed by atoms with Gasteiger partial charge in [0.15, 0.2) is 9.84 Å². The SMILES string of the molecule is COc1ccc(-n2nnnc2C(F)(F)F)cc1CN[C@@H]1CCN(C(=O)CS(C)(=O)=O)C[C@@H]1c1ccccc1. The molecule has 1 aliphatic rings. The van der Waals surface area contributed by atoms with Crippen LogP contribution in [0.3, 0.4) is 0 Å². The minimum Gasteiger partial charge on any atom is -0.496 e. The molecule has 1 aliphatic heterocycles. The summed E-state index contributed by atoms with van der Waals surface area (Å²) in [5.74, 6) is -1.90. The molecule has 1 fully saturated rings. The van der Waals surface area contributed by atoms with Crippen LogP contribution in [-0.4, -0.2) is 77.7 Å². The lowest BCUT2D eigenvalue weighted by Gasteiger charge is -2.39. The molecular formula is C24H27F3N6O4S. The Balaban J connectivity index is 1.56. The zero-order chi connectivity index (χ0) is 27.5. The smallest absolute Gasteiger partial charge is 0.453 e. The molecule has 1 aromatic heterocycles. The number of hydrogen-bond acceptors (Lipinski definition) is 8. The molecule has 14 heteroatoms. The number of methoxy groups -OCH3 is 1. The Kier molecular flexibility index (Phi) is 8.02. The lowest BCUT2D eigenvalue weighted by molar-refractivity contribution is -0.146. The van der Waals surface area contributed by atoms with E-state index in [4.69, 9.17) is 4.74 Å². The first kappa shape index (κ1) is 27.5. The van der Waals surface area contributed by atoms with E-state index in [0.717, 1.165) is 11.8 Å². The van der Waals surface area contributed by atoms with E-state index in [-0.39, 0.29) is 24.2 Å². The second-order valence-electron chi connectivity index (χ2n) is 9.11. The first-order valence-corrected chi connectivity index (χ1v) is 13.8. The van der Waals surface area contributed by atoms with Gasteiger partial charge in [0.05, 0.1) is 12.8 Å². The fraction of sp³-hybridized carbons (Fsp3) is 0.417. The molecule has 1 N–H and O–H groups in total. The number of benzene rings is 2. The van der Waals surface area contributed by atoms with E-state index in [1.54, 1.807) is 11.0 Å². The number of aromatic nitrogens is 4. The Morgan fingerprint density at radius 2 is 1.92 bits per heavy atom. The van der Waals surface area contributed by atoms with Crippen molar-refractivity contribution in [2.24, 2.45) is 0 Å². The highest BCUT2D eigenvalue weighted by Crippen LogP contribution is 2.31. The molecule has 0 spiro atoms. The Morgan fingerprint density at radius 3 is 2.58 bits per heavy atom. The maximum absolute atomic E-state index is 13.3. The largest absolute Gasteiger partial charge is 0.496 e. The number of amides is 1. The third-order valence-electron chi connectivity index (χ3n) is 6.37. The summed E-state index contributed by atoms with van der Waals surface area (Å²) < 4.78 is 69.4. The fourth-order valence-corrected chi connectivity index (χ4v) is 5.22. The molecule has 0 radical (unpaired) electrons. The van der Waals surface area contributed by atoms with Crippen molar-refractivity contribution in [3.05, 3.63) is 65.5 Å². The van der Waals surface area contributed by atoms with Crippen LogP contribution in [0.1, 0.15) is 29.3 Å². The molecular weight excluding hydrogens is 525 g/mol. The molecule has 1 amide bonds. The summed E-state index contributed by atoms with van der Waals surface area (Å²) >= 11 is 0. The van der Waals surface area contributed by atoms with Crippen molar-refractivity contribution in [3.8, 4) is 11.4 Å². The van der Waals surface area contributed by atoms with E-state index in [1.807, 2.05) is 30.3 Å². The predicted octanol–water partition coefficient (Wildman–Crippen LogP) is 2.21. The first-order chi connectivity index (χ1) is 18.0. The van der Waals surface area contributed by atoms with E-state index in [1.165, 1.54) is 19.2 Å². The number of carbonyl (C=O) groups excluding carboxylic acids is 1. The Labute approximate surface area is 217 Å². The summed E-state index contributed by atoms with van der Waals surface area (Å²) in [6.45, 7) is 0.949. The normalized spacial score (nSPS) is 18.4. The molecule has 10 nitrogen and oxygen atoms in total. The second kappa shape index (κ2) is 11.1. The summed E-state index contributed by atoms with van der Waals surface area (Å²) in [6.07, 6.45) is -3.15. The number of ether oxygens (including phenoxy) is 1. The number of carbonyl (C=O) groups is 1. The fourth-order valence-electron chi connectivity index (χ4n) is 4.59. The minimum absolute atomic E-state index is 0.105. The van der Waals surface area contributed by atoms with Crippen LogP contribution < -0.4 is 10.1 Å². The molecule has 2 aromatic carbocycles. The Bertz CT molecular complexity index is 1380. The predicted molar refractivity (Wildman–Crippen MR) is 131 cm³/mol. The molecule has 38 heavy (non-hydrogen) atoms.